The number of nitrogens with zero attached hydrogens (tertiary/aromatic N) is 2. The van der Waals surface area contributed by atoms with Crippen molar-refractivity contribution in [3.05, 3.63) is 50.5 Å². The van der Waals surface area contributed by atoms with Crippen molar-refractivity contribution in [1.29, 1.82) is 0 Å². The van der Waals surface area contributed by atoms with Gasteiger partial charge in [0, 0.05) is 13.0 Å². The quantitative estimate of drug-likeness (QED) is 0.621. The molecule has 0 bridgehead atoms. The lowest BCUT2D eigenvalue weighted by molar-refractivity contribution is 0.513. The number of hydrogen-bond acceptors (Lipinski definition) is 3. The molecule has 0 aliphatic carbocycles. The van der Waals surface area contributed by atoms with Gasteiger partial charge < -0.3 is 0 Å². The molecule has 0 saturated heterocycles. The zero-order valence-corrected chi connectivity index (χ0v) is 14.2. The number of aromatic nitrogens is 2. The van der Waals surface area contributed by atoms with Gasteiger partial charge in [-0.1, -0.05) is 17.7 Å². The Balaban J connectivity index is 2.33. The molecule has 0 aliphatic rings. The van der Waals surface area contributed by atoms with Gasteiger partial charge in [-0.15, -0.1) is 0 Å². The van der Waals surface area contributed by atoms with Gasteiger partial charge in [0.1, 0.15) is 5.82 Å². The third-order valence-electron chi connectivity index (χ3n) is 3.40. The molecule has 0 amide bonds. The Morgan fingerprint density at radius 3 is 2.81 bits per heavy atom. The third kappa shape index (κ3) is 3.45. The number of nitrogens with one attached hydrogen (secondary N) is 1. The zero-order chi connectivity index (χ0) is 15.6. The average Bonchev–Trinajstić information content (AvgIpc) is 2.75. The summed E-state index contributed by atoms with van der Waals surface area (Å²) in [4.78, 5) is 0. The SMILES string of the molecule is CCn1nc(C)c(Cl)c1CC(NN)c1ccc(Br)c(F)c1. The summed E-state index contributed by atoms with van der Waals surface area (Å²) < 4.78 is 16.0. The van der Waals surface area contributed by atoms with E-state index in [1.54, 1.807) is 6.07 Å². The normalized spacial score (nSPS) is 12.7. The summed E-state index contributed by atoms with van der Waals surface area (Å²) in [5.74, 6) is 5.31. The Labute approximate surface area is 136 Å². The van der Waals surface area contributed by atoms with Gasteiger partial charge in [-0.2, -0.15) is 5.10 Å². The van der Waals surface area contributed by atoms with Crippen molar-refractivity contribution >= 4 is 27.5 Å². The van der Waals surface area contributed by atoms with Crippen LogP contribution in [0, 0.1) is 12.7 Å². The maximum atomic E-state index is 13.7. The maximum Gasteiger partial charge on any atom is 0.137 e. The van der Waals surface area contributed by atoms with E-state index >= 15 is 0 Å². The van der Waals surface area contributed by atoms with E-state index in [0.717, 1.165) is 23.5 Å². The fraction of sp³-hybridized carbons (Fsp3) is 0.357. The largest absolute Gasteiger partial charge is 0.271 e. The van der Waals surface area contributed by atoms with Gasteiger partial charge >= 0.3 is 0 Å². The predicted octanol–water partition coefficient (Wildman–Crippen LogP) is 3.51. The van der Waals surface area contributed by atoms with Crippen LogP contribution in [0.15, 0.2) is 22.7 Å². The zero-order valence-electron chi connectivity index (χ0n) is 11.8. The second-order valence-electron chi connectivity index (χ2n) is 4.76. The summed E-state index contributed by atoms with van der Waals surface area (Å²) >= 11 is 9.45. The van der Waals surface area contributed by atoms with Crippen LogP contribution in [-0.4, -0.2) is 9.78 Å². The Kier molecular flexibility index (Phi) is 5.37. The Morgan fingerprint density at radius 2 is 2.24 bits per heavy atom. The van der Waals surface area contributed by atoms with Gasteiger partial charge in [0.25, 0.3) is 0 Å². The second kappa shape index (κ2) is 6.87. The van der Waals surface area contributed by atoms with E-state index in [1.807, 2.05) is 24.6 Å². The minimum atomic E-state index is -0.320. The highest BCUT2D eigenvalue weighted by Crippen LogP contribution is 2.27. The molecule has 2 rings (SSSR count). The molecule has 7 heteroatoms. The van der Waals surface area contributed by atoms with Crippen molar-refractivity contribution in [3.8, 4) is 0 Å². The molecule has 1 heterocycles. The van der Waals surface area contributed by atoms with Gasteiger partial charge in [0.05, 0.1) is 26.9 Å². The predicted molar refractivity (Wildman–Crippen MR) is 85.5 cm³/mol. The van der Waals surface area contributed by atoms with Crippen molar-refractivity contribution in [2.24, 2.45) is 5.84 Å². The summed E-state index contributed by atoms with van der Waals surface area (Å²) in [6.07, 6.45) is 0.533. The molecule has 0 aliphatic heterocycles. The first-order valence-electron chi connectivity index (χ1n) is 6.60. The maximum absolute atomic E-state index is 13.7. The molecule has 0 saturated carbocycles. The first kappa shape index (κ1) is 16.4. The number of hydrazine groups is 1. The van der Waals surface area contributed by atoms with E-state index in [4.69, 9.17) is 17.4 Å². The van der Waals surface area contributed by atoms with Crippen LogP contribution in [0.5, 0.6) is 0 Å². The van der Waals surface area contributed by atoms with E-state index in [-0.39, 0.29) is 11.9 Å². The number of hydrogen-bond donors (Lipinski definition) is 2. The van der Waals surface area contributed by atoms with Gasteiger partial charge in [-0.25, -0.2) is 4.39 Å². The fourth-order valence-electron chi connectivity index (χ4n) is 2.26. The molecule has 0 fully saturated rings. The molecular weight excluding hydrogens is 359 g/mol. The molecule has 1 aromatic carbocycles. The van der Waals surface area contributed by atoms with Gasteiger partial charge in [0.15, 0.2) is 0 Å². The summed E-state index contributed by atoms with van der Waals surface area (Å²) in [6, 6.07) is 4.71. The standard InChI is InChI=1S/C14H17BrClFN4/c1-3-21-13(14(16)8(2)20-21)7-12(19-18)9-4-5-10(15)11(17)6-9/h4-6,12,19H,3,7,18H2,1-2H3. The van der Waals surface area contributed by atoms with Crippen LogP contribution in [0.25, 0.3) is 0 Å². The highest BCUT2D eigenvalue weighted by molar-refractivity contribution is 9.10. The molecule has 114 valence electrons. The molecule has 1 unspecified atom stereocenters. The molecule has 21 heavy (non-hydrogen) atoms. The van der Waals surface area contributed by atoms with E-state index in [9.17, 15) is 4.39 Å². The minimum absolute atomic E-state index is 0.244. The first-order valence-corrected chi connectivity index (χ1v) is 7.77. The number of halogens is 3. The van der Waals surface area contributed by atoms with Gasteiger partial charge in [-0.05, 0) is 47.5 Å². The highest BCUT2D eigenvalue weighted by Gasteiger charge is 2.19. The molecule has 3 N–H and O–H groups in total. The lowest BCUT2D eigenvalue weighted by Gasteiger charge is -2.17. The first-order chi connectivity index (χ1) is 9.97. The van der Waals surface area contributed by atoms with Crippen molar-refractivity contribution in [3.63, 3.8) is 0 Å². The van der Waals surface area contributed by atoms with Crippen LogP contribution in [0.2, 0.25) is 5.02 Å². The van der Waals surface area contributed by atoms with Gasteiger partial charge in [0.2, 0.25) is 0 Å². The van der Waals surface area contributed by atoms with Crippen molar-refractivity contribution < 1.29 is 4.39 Å². The highest BCUT2D eigenvalue weighted by atomic mass is 79.9. The van der Waals surface area contributed by atoms with Crippen LogP contribution < -0.4 is 11.3 Å². The van der Waals surface area contributed by atoms with Crippen molar-refractivity contribution in [2.45, 2.75) is 32.9 Å². The fourth-order valence-corrected chi connectivity index (χ4v) is 2.72. The summed E-state index contributed by atoms with van der Waals surface area (Å²) in [5.41, 5.74) is 5.15. The number of aryl methyl sites for hydroxylation is 2. The molecular formula is C14H17BrClFN4. The van der Waals surface area contributed by atoms with Crippen molar-refractivity contribution in [1.82, 2.24) is 15.2 Å². The van der Waals surface area contributed by atoms with E-state index in [0.29, 0.717) is 15.9 Å². The van der Waals surface area contributed by atoms with Crippen LogP contribution >= 0.6 is 27.5 Å². The number of rotatable bonds is 5. The molecule has 0 radical (unpaired) electrons. The molecule has 1 aromatic heterocycles. The summed E-state index contributed by atoms with van der Waals surface area (Å²) in [7, 11) is 0. The van der Waals surface area contributed by atoms with E-state index < -0.39 is 0 Å². The lowest BCUT2D eigenvalue weighted by atomic mass is 10.0. The summed E-state index contributed by atoms with van der Waals surface area (Å²) in [6.45, 7) is 4.58. The van der Waals surface area contributed by atoms with E-state index in [1.165, 1.54) is 6.07 Å². The second-order valence-corrected chi connectivity index (χ2v) is 5.99. The smallest absolute Gasteiger partial charge is 0.137 e. The number of nitrogens with two attached hydrogens (primary N) is 1. The Hall–Kier alpha value is -0.950. The van der Waals surface area contributed by atoms with Crippen LogP contribution in [-0.2, 0) is 13.0 Å². The Morgan fingerprint density at radius 1 is 1.52 bits per heavy atom. The van der Waals surface area contributed by atoms with Crippen LogP contribution in [0.4, 0.5) is 4.39 Å². The lowest BCUT2D eigenvalue weighted by Crippen LogP contribution is -2.30. The topological polar surface area (TPSA) is 55.9 Å². The van der Waals surface area contributed by atoms with Crippen LogP contribution in [0.1, 0.15) is 29.9 Å². The van der Waals surface area contributed by atoms with Gasteiger partial charge in [-0.3, -0.25) is 16.0 Å². The third-order valence-corrected chi connectivity index (χ3v) is 4.53. The van der Waals surface area contributed by atoms with E-state index in [2.05, 4.69) is 26.5 Å². The minimum Gasteiger partial charge on any atom is -0.271 e. The monoisotopic (exact) mass is 374 g/mol. The van der Waals surface area contributed by atoms with Crippen molar-refractivity contribution in [2.75, 3.05) is 0 Å². The molecule has 1 atom stereocenters. The number of benzene rings is 1. The van der Waals surface area contributed by atoms with Crippen LogP contribution in [0.3, 0.4) is 0 Å². The average molecular weight is 376 g/mol. The summed E-state index contributed by atoms with van der Waals surface area (Å²) in [5, 5.41) is 5.01. The molecule has 4 nitrogen and oxygen atoms in total. The Bertz CT molecular complexity index is 644. The molecule has 0 spiro atoms. The molecule has 2 aromatic rings.